The second-order valence-corrected chi connectivity index (χ2v) is 4.99. The third-order valence-electron chi connectivity index (χ3n) is 3.67. The second-order valence-electron chi connectivity index (χ2n) is 4.99. The van der Waals surface area contributed by atoms with Gasteiger partial charge in [-0.2, -0.15) is 5.10 Å². The SMILES string of the molecule is NC(=O)NN=C1CCCCCCC[C@@H]2C[C@H]12. The third-order valence-corrected chi connectivity index (χ3v) is 3.67. The molecule has 4 heteroatoms. The molecule has 2 rings (SSSR count). The van der Waals surface area contributed by atoms with Crippen LogP contribution in [0.3, 0.4) is 0 Å². The minimum atomic E-state index is -0.554. The Morgan fingerprint density at radius 2 is 2.00 bits per heavy atom. The summed E-state index contributed by atoms with van der Waals surface area (Å²) in [6, 6.07) is -0.554. The van der Waals surface area contributed by atoms with Crippen LogP contribution in [0.5, 0.6) is 0 Å². The molecular weight excluding hydrogens is 202 g/mol. The number of nitrogens with zero attached hydrogens (tertiary/aromatic N) is 1. The molecule has 2 atom stereocenters. The fourth-order valence-corrected chi connectivity index (χ4v) is 2.67. The molecule has 2 fully saturated rings. The molecule has 90 valence electrons. The topological polar surface area (TPSA) is 67.5 Å². The lowest BCUT2D eigenvalue weighted by atomic mass is 10.00. The fourth-order valence-electron chi connectivity index (χ4n) is 2.67. The van der Waals surface area contributed by atoms with Crippen molar-refractivity contribution in [3.63, 3.8) is 0 Å². The molecule has 0 aromatic heterocycles. The van der Waals surface area contributed by atoms with Crippen molar-refractivity contribution < 1.29 is 4.79 Å². The first-order valence-electron chi connectivity index (χ1n) is 6.39. The lowest BCUT2D eigenvalue weighted by molar-refractivity contribution is 0.249. The number of fused-ring (bicyclic) bond motifs is 1. The molecule has 0 radical (unpaired) electrons. The number of hydrogen-bond acceptors (Lipinski definition) is 2. The summed E-state index contributed by atoms with van der Waals surface area (Å²) in [4.78, 5) is 10.6. The molecule has 0 bridgehead atoms. The minimum absolute atomic E-state index is 0.554. The molecule has 3 N–H and O–H groups in total. The average molecular weight is 223 g/mol. The van der Waals surface area contributed by atoms with Gasteiger partial charge in [0.05, 0.1) is 0 Å². The van der Waals surface area contributed by atoms with Gasteiger partial charge in [0.2, 0.25) is 0 Å². The number of primary amides is 1. The number of rotatable bonds is 1. The summed E-state index contributed by atoms with van der Waals surface area (Å²) in [6.45, 7) is 0. The highest BCUT2D eigenvalue weighted by Crippen LogP contribution is 2.45. The van der Waals surface area contributed by atoms with Gasteiger partial charge in [0, 0.05) is 11.6 Å². The second kappa shape index (κ2) is 5.32. The number of amides is 2. The van der Waals surface area contributed by atoms with Gasteiger partial charge in [-0.25, -0.2) is 10.2 Å². The van der Waals surface area contributed by atoms with Crippen molar-refractivity contribution in [3.8, 4) is 0 Å². The summed E-state index contributed by atoms with van der Waals surface area (Å²) in [5, 5.41) is 4.17. The highest BCUT2D eigenvalue weighted by molar-refractivity contribution is 5.90. The summed E-state index contributed by atoms with van der Waals surface area (Å²) in [5.41, 5.74) is 8.59. The number of nitrogens with one attached hydrogen (secondary N) is 1. The van der Waals surface area contributed by atoms with E-state index in [2.05, 4.69) is 10.5 Å². The Bertz CT molecular complexity index is 288. The summed E-state index contributed by atoms with van der Waals surface area (Å²) in [5.74, 6) is 1.46. The Morgan fingerprint density at radius 3 is 2.81 bits per heavy atom. The van der Waals surface area contributed by atoms with Gasteiger partial charge < -0.3 is 5.73 Å². The Hall–Kier alpha value is -1.06. The number of hydrogen-bond donors (Lipinski definition) is 2. The monoisotopic (exact) mass is 223 g/mol. The molecule has 0 aliphatic heterocycles. The predicted molar refractivity (Wildman–Crippen MR) is 64.1 cm³/mol. The van der Waals surface area contributed by atoms with Crippen LogP contribution in [0.4, 0.5) is 4.79 Å². The fraction of sp³-hybridized carbons (Fsp3) is 0.833. The molecule has 0 aromatic carbocycles. The Morgan fingerprint density at radius 1 is 1.25 bits per heavy atom. The molecule has 0 spiro atoms. The summed E-state index contributed by atoms with van der Waals surface area (Å²) in [7, 11) is 0. The molecule has 16 heavy (non-hydrogen) atoms. The maximum Gasteiger partial charge on any atom is 0.332 e. The number of carbonyl (C=O) groups excluding carboxylic acids is 1. The van der Waals surface area contributed by atoms with Gasteiger partial charge in [-0.3, -0.25) is 0 Å². The molecule has 2 aliphatic rings. The number of hydrazone groups is 1. The maximum atomic E-state index is 10.6. The van der Waals surface area contributed by atoms with Crippen LogP contribution in [0.25, 0.3) is 0 Å². The van der Waals surface area contributed by atoms with Crippen LogP contribution in [0.15, 0.2) is 5.10 Å². The molecule has 2 aliphatic carbocycles. The standard InChI is InChI=1S/C12H21N3O/c13-12(16)15-14-11-7-5-3-1-2-4-6-9-8-10(9)11/h9-10H,1-8H2,(H3,13,15,16)/t9-,10+/m1/s1. The van der Waals surface area contributed by atoms with Crippen LogP contribution >= 0.6 is 0 Å². The molecule has 2 amide bonds. The highest BCUT2D eigenvalue weighted by atomic mass is 16.2. The van der Waals surface area contributed by atoms with Gasteiger partial charge in [0.15, 0.2) is 0 Å². The first kappa shape index (κ1) is 11.4. The number of urea groups is 1. The molecule has 2 saturated carbocycles. The van der Waals surface area contributed by atoms with Crippen molar-refractivity contribution in [1.29, 1.82) is 0 Å². The first-order valence-corrected chi connectivity index (χ1v) is 6.39. The summed E-state index contributed by atoms with van der Waals surface area (Å²) in [6.07, 6.45) is 10.2. The third kappa shape index (κ3) is 3.22. The van der Waals surface area contributed by atoms with E-state index in [0.717, 1.165) is 12.3 Å². The normalized spacial score (nSPS) is 32.9. The van der Waals surface area contributed by atoms with E-state index in [1.165, 1.54) is 50.7 Å². The maximum absolute atomic E-state index is 10.6. The molecule has 0 heterocycles. The van der Waals surface area contributed by atoms with Crippen molar-refractivity contribution in [3.05, 3.63) is 0 Å². The van der Waals surface area contributed by atoms with Gasteiger partial charge in [-0.15, -0.1) is 0 Å². The van der Waals surface area contributed by atoms with Crippen molar-refractivity contribution >= 4 is 11.7 Å². The number of carbonyl (C=O) groups is 1. The zero-order chi connectivity index (χ0) is 11.4. The zero-order valence-corrected chi connectivity index (χ0v) is 9.74. The molecule has 0 aromatic rings. The van der Waals surface area contributed by atoms with Crippen LogP contribution in [0.2, 0.25) is 0 Å². The predicted octanol–water partition coefficient (Wildman–Crippen LogP) is 2.39. The van der Waals surface area contributed by atoms with E-state index in [9.17, 15) is 4.79 Å². The van der Waals surface area contributed by atoms with Gasteiger partial charge in [0.1, 0.15) is 0 Å². The van der Waals surface area contributed by atoms with E-state index >= 15 is 0 Å². The van der Waals surface area contributed by atoms with E-state index in [1.54, 1.807) is 0 Å². The van der Waals surface area contributed by atoms with Gasteiger partial charge in [0.25, 0.3) is 0 Å². The lowest BCUT2D eigenvalue weighted by Gasteiger charge is -2.09. The minimum Gasteiger partial charge on any atom is -0.350 e. The molecule has 0 saturated heterocycles. The van der Waals surface area contributed by atoms with Crippen molar-refractivity contribution in [1.82, 2.24) is 5.43 Å². The van der Waals surface area contributed by atoms with E-state index in [4.69, 9.17) is 5.73 Å². The molecule has 4 nitrogen and oxygen atoms in total. The summed E-state index contributed by atoms with van der Waals surface area (Å²) >= 11 is 0. The Balaban J connectivity index is 1.92. The van der Waals surface area contributed by atoms with Crippen LogP contribution in [-0.4, -0.2) is 11.7 Å². The first-order chi connectivity index (χ1) is 7.77. The van der Waals surface area contributed by atoms with Crippen LogP contribution in [0, 0.1) is 11.8 Å². The number of nitrogens with two attached hydrogens (primary N) is 1. The molecule has 0 unspecified atom stereocenters. The van der Waals surface area contributed by atoms with Crippen molar-refractivity contribution in [2.24, 2.45) is 22.7 Å². The Labute approximate surface area is 96.7 Å². The largest absolute Gasteiger partial charge is 0.350 e. The van der Waals surface area contributed by atoms with Gasteiger partial charge in [-0.1, -0.05) is 25.7 Å². The highest BCUT2D eigenvalue weighted by Gasteiger charge is 2.40. The smallest absolute Gasteiger partial charge is 0.332 e. The summed E-state index contributed by atoms with van der Waals surface area (Å²) < 4.78 is 0. The zero-order valence-electron chi connectivity index (χ0n) is 9.74. The van der Waals surface area contributed by atoms with E-state index < -0.39 is 6.03 Å². The van der Waals surface area contributed by atoms with Crippen molar-refractivity contribution in [2.45, 2.75) is 51.4 Å². The van der Waals surface area contributed by atoms with Crippen molar-refractivity contribution in [2.75, 3.05) is 0 Å². The van der Waals surface area contributed by atoms with Crippen LogP contribution in [-0.2, 0) is 0 Å². The quantitative estimate of drug-likeness (QED) is 0.658. The van der Waals surface area contributed by atoms with Crippen LogP contribution < -0.4 is 11.2 Å². The molecular formula is C12H21N3O. The lowest BCUT2D eigenvalue weighted by Crippen LogP contribution is -2.26. The average Bonchev–Trinajstić information content (AvgIpc) is 3.01. The van der Waals surface area contributed by atoms with E-state index in [1.807, 2.05) is 0 Å². The van der Waals surface area contributed by atoms with E-state index in [-0.39, 0.29) is 0 Å². The van der Waals surface area contributed by atoms with E-state index in [0.29, 0.717) is 5.92 Å². The van der Waals surface area contributed by atoms with Gasteiger partial charge >= 0.3 is 6.03 Å². The van der Waals surface area contributed by atoms with Crippen LogP contribution in [0.1, 0.15) is 51.4 Å². The Kier molecular flexibility index (Phi) is 3.80. The van der Waals surface area contributed by atoms with Gasteiger partial charge in [-0.05, 0) is 31.6 Å².